The number of carbonyl (C=O) groups excluding carboxylic acids is 2. The molecule has 1 aromatic carbocycles. The lowest BCUT2D eigenvalue weighted by atomic mass is 10.1. The Morgan fingerprint density at radius 2 is 1.84 bits per heavy atom. The Morgan fingerprint density at radius 1 is 1.12 bits per heavy atom. The summed E-state index contributed by atoms with van der Waals surface area (Å²) in [5, 5.41) is 5.26. The minimum atomic E-state index is -0.0254. The molecule has 4 rings (SSSR count). The Kier molecular flexibility index (Phi) is 4.21. The number of likely N-dealkylation sites (tertiary alicyclic amines) is 1. The molecule has 2 amide bonds. The minimum absolute atomic E-state index is 0.00791. The zero-order valence-corrected chi connectivity index (χ0v) is 14.6. The summed E-state index contributed by atoms with van der Waals surface area (Å²) in [4.78, 5) is 28.3. The first-order valence-electron chi connectivity index (χ1n) is 8.54. The van der Waals surface area contributed by atoms with Crippen LogP contribution in [0.4, 0.5) is 5.82 Å². The number of amides is 2. The Bertz CT molecular complexity index is 809. The van der Waals surface area contributed by atoms with E-state index in [1.165, 1.54) is 0 Å². The number of carbonyl (C=O) groups is 2. The van der Waals surface area contributed by atoms with E-state index < -0.39 is 0 Å². The van der Waals surface area contributed by atoms with Gasteiger partial charge in [0.05, 0.1) is 12.2 Å². The van der Waals surface area contributed by atoms with Crippen molar-refractivity contribution in [3.8, 4) is 11.3 Å². The molecule has 0 bridgehead atoms. The zero-order valence-electron chi connectivity index (χ0n) is 13.8. The topological polar surface area (TPSA) is 58.4 Å². The van der Waals surface area contributed by atoms with Crippen molar-refractivity contribution in [3.05, 3.63) is 35.4 Å². The third-order valence-electron chi connectivity index (χ3n) is 4.77. The van der Waals surface area contributed by atoms with Gasteiger partial charge in [-0.1, -0.05) is 23.7 Å². The highest BCUT2D eigenvalue weighted by molar-refractivity contribution is 6.30. The quantitative estimate of drug-likeness (QED) is 0.847. The van der Waals surface area contributed by atoms with Crippen molar-refractivity contribution in [2.75, 3.05) is 24.5 Å². The third kappa shape index (κ3) is 3.14. The lowest BCUT2D eigenvalue weighted by molar-refractivity contribution is -0.130. The standard InChI is InChI=1S/C18H19ClN4O2/c19-14-5-3-13(4-6-14)15-11-16-22(17(24)7-10-23(16)20-15)12-18(25)21-8-1-2-9-21/h3-6,11H,1-2,7-10,12H2. The summed E-state index contributed by atoms with van der Waals surface area (Å²) in [7, 11) is 0. The Balaban J connectivity index is 1.61. The van der Waals surface area contributed by atoms with Gasteiger partial charge < -0.3 is 4.90 Å². The van der Waals surface area contributed by atoms with Crippen LogP contribution in [0.3, 0.4) is 0 Å². The number of benzene rings is 1. The molecule has 0 aliphatic carbocycles. The highest BCUT2D eigenvalue weighted by Crippen LogP contribution is 2.29. The number of fused-ring (bicyclic) bond motifs is 1. The van der Waals surface area contributed by atoms with E-state index in [1.54, 1.807) is 4.90 Å². The van der Waals surface area contributed by atoms with Crippen molar-refractivity contribution < 1.29 is 9.59 Å². The second kappa shape index (κ2) is 6.52. The normalized spacial score (nSPS) is 17.1. The van der Waals surface area contributed by atoms with Crippen molar-refractivity contribution in [3.63, 3.8) is 0 Å². The van der Waals surface area contributed by atoms with Gasteiger partial charge in [0.25, 0.3) is 0 Å². The molecule has 130 valence electrons. The molecular formula is C18H19ClN4O2. The van der Waals surface area contributed by atoms with E-state index in [4.69, 9.17) is 11.6 Å². The fraction of sp³-hybridized carbons (Fsp3) is 0.389. The number of hydrogen-bond donors (Lipinski definition) is 0. The number of halogens is 1. The molecule has 2 aromatic rings. The summed E-state index contributed by atoms with van der Waals surface area (Å²) in [5.74, 6) is 0.671. The van der Waals surface area contributed by atoms with Crippen LogP contribution in [0.1, 0.15) is 19.3 Å². The summed E-state index contributed by atoms with van der Waals surface area (Å²) in [5.41, 5.74) is 1.71. The monoisotopic (exact) mass is 358 g/mol. The van der Waals surface area contributed by atoms with Crippen molar-refractivity contribution in [1.29, 1.82) is 0 Å². The summed E-state index contributed by atoms with van der Waals surface area (Å²) in [6.45, 7) is 2.20. The van der Waals surface area contributed by atoms with E-state index in [1.807, 2.05) is 39.9 Å². The lowest BCUT2D eigenvalue weighted by Crippen LogP contribution is -2.45. The van der Waals surface area contributed by atoms with Gasteiger partial charge in [0.1, 0.15) is 12.4 Å². The first kappa shape index (κ1) is 16.1. The van der Waals surface area contributed by atoms with Gasteiger partial charge in [0.15, 0.2) is 0 Å². The molecule has 1 fully saturated rings. The van der Waals surface area contributed by atoms with Crippen LogP contribution in [0.25, 0.3) is 11.3 Å². The van der Waals surface area contributed by atoms with E-state index in [2.05, 4.69) is 5.10 Å². The third-order valence-corrected chi connectivity index (χ3v) is 5.02. The van der Waals surface area contributed by atoms with Crippen molar-refractivity contribution in [1.82, 2.24) is 14.7 Å². The Hall–Kier alpha value is -2.34. The molecule has 2 aliphatic heterocycles. The van der Waals surface area contributed by atoms with Gasteiger partial charge in [-0.2, -0.15) is 5.10 Å². The second-order valence-corrected chi connectivity index (χ2v) is 6.87. The fourth-order valence-electron chi connectivity index (χ4n) is 3.39. The molecule has 1 aromatic heterocycles. The largest absolute Gasteiger partial charge is 0.341 e. The van der Waals surface area contributed by atoms with Crippen LogP contribution in [0.15, 0.2) is 30.3 Å². The Labute approximate surface area is 151 Å². The van der Waals surface area contributed by atoms with E-state index in [-0.39, 0.29) is 18.4 Å². The Morgan fingerprint density at radius 3 is 2.56 bits per heavy atom. The van der Waals surface area contributed by atoms with E-state index in [0.29, 0.717) is 23.8 Å². The van der Waals surface area contributed by atoms with Gasteiger partial charge in [-0.3, -0.25) is 14.5 Å². The van der Waals surface area contributed by atoms with Gasteiger partial charge in [-0.05, 0) is 25.0 Å². The first-order valence-corrected chi connectivity index (χ1v) is 8.91. The molecule has 0 saturated carbocycles. The molecule has 6 nitrogen and oxygen atoms in total. The van der Waals surface area contributed by atoms with Crippen LogP contribution in [0.5, 0.6) is 0 Å². The van der Waals surface area contributed by atoms with Gasteiger partial charge in [-0.15, -0.1) is 0 Å². The smallest absolute Gasteiger partial charge is 0.242 e. The summed E-state index contributed by atoms with van der Waals surface area (Å²) in [6.07, 6.45) is 2.44. The van der Waals surface area contributed by atoms with Crippen molar-refractivity contribution in [2.24, 2.45) is 0 Å². The number of aromatic nitrogens is 2. The van der Waals surface area contributed by atoms with Crippen LogP contribution in [-0.4, -0.2) is 46.1 Å². The van der Waals surface area contributed by atoms with E-state index in [9.17, 15) is 9.59 Å². The van der Waals surface area contributed by atoms with E-state index >= 15 is 0 Å². The molecule has 0 radical (unpaired) electrons. The minimum Gasteiger partial charge on any atom is -0.341 e. The van der Waals surface area contributed by atoms with Crippen molar-refractivity contribution in [2.45, 2.75) is 25.8 Å². The number of aryl methyl sites for hydroxylation is 1. The predicted octanol–water partition coefficient (Wildman–Crippen LogP) is 2.56. The number of nitrogens with zero attached hydrogens (tertiary/aromatic N) is 4. The highest BCUT2D eigenvalue weighted by atomic mass is 35.5. The zero-order chi connectivity index (χ0) is 17.4. The van der Waals surface area contributed by atoms with Crippen molar-refractivity contribution >= 4 is 29.2 Å². The highest BCUT2D eigenvalue weighted by Gasteiger charge is 2.30. The van der Waals surface area contributed by atoms with Crippen LogP contribution in [0, 0.1) is 0 Å². The molecule has 0 unspecified atom stereocenters. The molecule has 0 atom stereocenters. The number of rotatable bonds is 3. The van der Waals surface area contributed by atoms with Gasteiger partial charge in [0.2, 0.25) is 11.8 Å². The number of anilines is 1. The molecule has 0 N–H and O–H groups in total. The SMILES string of the molecule is O=C(CN1C(=O)CCn2nc(-c3ccc(Cl)cc3)cc21)N1CCCC1. The summed E-state index contributed by atoms with van der Waals surface area (Å²) >= 11 is 5.94. The van der Waals surface area contributed by atoms with Crippen LogP contribution in [0.2, 0.25) is 5.02 Å². The maximum Gasteiger partial charge on any atom is 0.242 e. The second-order valence-electron chi connectivity index (χ2n) is 6.44. The fourth-order valence-corrected chi connectivity index (χ4v) is 3.51. The molecular weight excluding hydrogens is 340 g/mol. The maximum atomic E-state index is 12.5. The molecule has 25 heavy (non-hydrogen) atoms. The van der Waals surface area contributed by atoms with Gasteiger partial charge in [-0.25, -0.2) is 4.68 Å². The van der Waals surface area contributed by atoms with Gasteiger partial charge in [0, 0.05) is 36.2 Å². The molecule has 7 heteroatoms. The average Bonchev–Trinajstić information content (AvgIpc) is 3.27. The van der Waals surface area contributed by atoms with Crippen LogP contribution in [-0.2, 0) is 16.1 Å². The first-order chi connectivity index (χ1) is 12.1. The molecule has 0 spiro atoms. The molecule has 3 heterocycles. The average molecular weight is 359 g/mol. The van der Waals surface area contributed by atoms with Crippen LogP contribution < -0.4 is 4.90 Å². The lowest BCUT2D eigenvalue weighted by Gasteiger charge is -2.28. The summed E-state index contributed by atoms with van der Waals surface area (Å²) < 4.78 is 1.81. The maximum absolute atomic E-state index is 12.5. The molecule has 1 saturated heterocycles. The predicted molar refractivity (Wildman–Crippen MR) is 95.5 cm³/mol. The summed E-state index contributed by atoms with van der Waals surface area (Å²) in [6, 6.07) is 9.30. The van der Waals surface area contributed by atoms with Crippen LogP contribution >= 0.6 is 11.6 Å². The van der Waals surface area contributed by atoms with E-state index in [0.717, 1.165) is 37.2 Å². The molecule has 2 aliphatic rings. The van der Waals surface area contributed by atoms with Gasteiger partial charge >= 0.3 is 0 Å². The number of hydrogen-bond acceptors (Lipinski definition) is 3.